The maximum absolute atomic E-state index is 12.6. The number of anilines is 1. The maximum Gasteiger partial charge on any atom is 0.265 e. The number of amides is 1. The van der Waals surface area contributed by atoms with Gasteiger partial charge in [0, 0.05) is 18.8 Å². The smallest absolute Gasteiger partial charge is 0.265 e. The van der Waals surface area contributed by atoms with Crippen LogP contribution in [0.3, 0.4) is 0 Å². The van der Waals surface area contributed by atoms with Crippen LogP contribution in [0.4, 0.5) is 5.69 Å². The van der Waals surface area contributed by atoms with E-state index in [1.54, 1.807) is 6.92 Å². The normalized spacial score (nSPS) is 18.3. The Balaban J connectivity index is 1.31. The lowest BCUT2D eigenvalue weighted by Crippen LogP contribution is -2.35. The molecule has 1 unspecified atom stereocenters. The second-order valence-corrected chi connectivity index (χ2v) is 8.50. The summed E-state index contributed by atoms with van der Waals surface area (Å²) >= 11 is 0. The number of carbonyl (C=O) groups is 1. The van der Waals surface area contributed by atoms with Crippen LogP contribution in [-0.2, 0) is 17.6 Å². The van der Waals surface area contributed by atoms with Gasteiger partial charge in [-0.15, -0.1) is 0 Å². The van der Waals surface area contributed by atoms with E-state index in [1.807, 2.05) is 36.4 Å². The lowest BCUT2D eigenvalue weighted by atomic mass is 9.91. The summed E-state index contributed by atoms with van der Waals surface area (Å²) in [7, 11) is 2.14. The fourth-order valence-electron chi connectivity index (χ4n) is 4.26. The van der Waals surface area contributed by atoms with E-state index >= 15 is 0 Å². The van der Waals surface area contributed by atoms with Crippen molar-refractivity contribution in [3.63, 3.8) is 0 Å². The van der Waals surface area contributed by atoms with Crippen LogP contribution in [0.15, 0.2) is 42.5 Å². The number of nitrogens with one attached hydrogen (secondary N) is 1. The zero-order valence-corrected chi connectivity index (χ0v) is 18.0. The van der Waals surface area contributed by atoms with Gasteiger partial charge in [-0.05, 0) is 94.0 Å². The summed E-state index contributed by atoms with van der Waals surface area (Å²) in [6, 6.07) is 13.8. The number of benzene rings is 2. The van der Waals surface area contributed by atoms with E-state index in [4.69, 9.17) is 9.47 Å². The van der Waals surface area contributed by atoms with Crippen molar-refractivity contribution in [2.75, 3.05) is 25.5 Å². The van der Waals surface area contributed by atoms with Gasteiger partial charge in [-0.1, -0.05) is 12.1 Å². The molecule has 0 spiro atoms. The summed E-state index contributed by atoms with van der Waals surface area (Å²) < 4.78 is 12.1. The average molecular weight is 409 g/mol. The van der Waals surface area contributed by atoms with Crippen LogP contribution in [0, 0.1) is 0 Å². The highest BCUT2D eigenvalue weighted by atomic mass is 16.5. The molecule has 2 aromatic carbocycles. The Morgan fingerprint density at radius 2 is 1.80 bits per heavy atom. The number of fused-ring (bicyclic) bond motifs is 1. The first-order valence-corrected chi connectivity index (χ1v) is 11.1. The zero-order chi connectivity index (χ0) is 20.9. The van der Waals surface area contributed by atoms with Crippen molar-refractivity contribution in [3.8, 4) is 11.5 Å². The average Bonchev–Trinajstić information content (AvgIpc) is 2.77. The van der Waals surface area contributed by atoms with Crippen molar-refractivity contribution >= 4 is 11.6 Å². The van der Waals surface area contributed by atoms with Crippen molar-refractivity contribution < 1.29 is 14.3 Å². The molecule has 0 radical (unpaired) electrons. The number of nitrogens with zero attached hydrogens (tertiary/aromatic N) is 1. The highest BCUT2D eigenvalue weighted by Crippen LogP contribution is 2.30. The van der Waals surface area contributed by atoms with Gasteiger partial charge in [-0.25, -0.2) is 0 Å². The molecule has 160 valence electrons. The summed E-state index contributed by atoms with van der Waals surface area (Å²) in [5, 5.41) is 2.95. The Bertz CT molecular complexity index is 857. The first-order valence-electron chi connectivity index (χ1n) is 11.1. The topological polar surface area (TPSA) is 50.8 Å². The summed E-state index contributed by atoms with van der Waals surface area (Å²) in [6.45, 7) is 3.94. The van der Waals surface area contributed by atoms with E-state index in [-0.39, 0.29) is 12.0 Å². The molecule has 2 aromatic rings. The van der Waals surface area contributed by atoms with Gasteiger partial charge in [0.1, 0.15) is 17.6 Å². The van der Waals surface area contributed by atoms with Crippen molar-refractivity contribution in [3.05, 3.63) is 53.6 Å². The van der Waals surface area contributed by atoms with E-state index in [0.29, 0.717) is 0 Å². The number of hydrogen-bond donors (Lipinski definition) is 1. The molecule has 1 N–H and O–H groups in total. The van der Waals surface area contributed by atoms with E-state index in [0.717, 1.165) is 56.0 Å². The minimum atomic E-state index is -0.561. The highest BCUT2D eigenvalue weighted by molar-refractivity contribution is 5.94. The van der Waals surface area contributed by atoms with Gasteiger partial charge in [-0.2, -0.15) is 0 Å². The molecule has 0 aromatic heterocycles. The second-order valence-electron chi connectivity index (χ2n) is 8.50. The summed E-state index contributed by atoms with van der Waals surface area (Å²) in [4.78, 5) is 15.0. The molecule has 1 heterocycles. The summed E-state index contributed by atoms with van der Waals surface area (Å²) in [5.41, 5.74) is 3.37. The van der Waals surface area contributed by atoms with Crippen LogP contribution >= 0.6 is 0 Å². The van der Waals surface area contributed by atoms with E-state index in [9.17, 15) is 4.79 Å². The summed E-state index contributed by atoms with van der Waals surface area (Å²) in [5.74, 6) is 1.55. The van der Waals surface area contributed by atoms with Crippen LogP contribution in [0.2, 0.25) is 0 Å². The lowest BCUT2D eigenvalue weighted by molar-refractivity contribution is -0.122. The molecule has 1 atom stereocenters. The monoisotopic (exact) mass is 408 g/mol. The number of piperidine rings is 1. The maximum atomic E-state index is 12.6. The van der Waals surface area contributed by atoms with Crippen molar-refractivity contribution in [2.24, 2.45) is 0 Å². The van der Waals surface area contributed by atoms with E-state index < -0.39 is 6.10 Å². The Labute approximate surface area is 179 Å². The highest BCUT2D eigenvalue weighted by Gasteiger charge is 2.20. The largest absolute Gasteiger partial charge is 0.490 e. The molecule has 1 amide bonds. The molecule has 5 nitrogen and oxygen atoms in total. The molecule has 2 aliphatic rings. The zero-order valence-electron chi connectivity index (χ0n) is 18.0. The van der Waals surface area contributed by atoms with E-state index in [1.165, 1.54) is 24.0 Å². The third kappa shape index (κ3) is 5.14. The number of carbonyl (C=O) groups excluding carboxylic acids is 1. The molecule has 1 saturated heterocycles. The first kappa shape index (κ1) is 20.7. The summed E-state index contributed by atoms with van der Waals surface area (Å²) in [6.07, 6.45) is 6.34. The van der Waals surface area contributed by atoms with Crippen molar-refractivity contribution in [2.45, 2.75) is 57.7 Å². The number of hydrogen-bond acceptors (Lipinski definition) is 4. The van der Waals surface area contributed by atoms with E-state index in [2.05, 4.69) is 23.3 Å². The van der Waals surface area contributed by atoms with Crippen molar-refractivity contribution in [1.82, 2.24) is 4.90 Å². The molecule has 1 aliphatic carbocycles. The fourth-order valence-corrected chi connectivity index (χ4v) is 4.26. The van der Waals surface area contributed by atoms with Gasteiger partial charge in [-0.3, -0.25) is 4.79 Å². The molecule has 30 heavy (non-hydrogen) atoms. The van der Waals surface area contributed by atoms with Gasteiger partial charge in [0.25, 0.3) is 5.91 Å². The molecule has 0 saturated carbocycles. The Morgan fingerprint density at radius 3 is 2.57 bits per heavy atom. The lowest BCUT2D eigenvalue weighted by Gasteiger charge is -2.29. The minimum Gasteiger partial charge on any atom is -0.490 e. The number of ether oxygens (including phenoxy) is 2. The minimum absolute atomic E-state index is 0.146. The van der Waals surface area contributed by atoms with Crippen molar-refractivity contribution in [1.29, 1.82) is 0 Å². The second kappa shape index (κ2) is 9.52. The Morgan fingerprint density at radius 1 is 1.07 bits per heavy atom. The number of aryl methyl sites for hydroxylation is 1. The molecular weight excluding hydrogens is 376 g/mol. The molecule has 5 heteroatoms. The predicted octanol–water partition coefficient (Wildman–Crippen LogP) is 4.44. The van der Waals surface area contributed by atoms with Crippen LogP contribution < -0.4 is 14.8 Å². The molecule has 4 rings (SSSR count). The Hall–Kier alpha value is -2.53. The molecular formula is C25H32N2O3. The Kier molecular flexibility index (Phi) is 6.58. The quantitative estimate of drug-likeness (QED) is 0.768. The van der Waals surface area contributed by atoms with Gasteiger partial charge in [0.2, 0.25) is 0 Å². The van der Waals surface area contributed by atoms with Gasteiger partial charge in [0.15, 0.2) is 6.10 Å². The van der Waals surface area contributed by atoms with Crippen LogP contribution in [0.1, 0.15) is 43.7 Å². The fraction of sp³-hybridized carbons (Fsp3) is 0.480. The standard InChI is InChI=1S/C25H32N2O3/c1-18(29-24-9-5-7-19-6-3-4-8-23(19)24)25(28)26-20-10-12-21(13-11-20)30-22-14-16-27(2)17-15-22/h5,7,9-13,18,22H,3-4,6,8,14-17H2,1-2H3,(H,26,28). The molecule has 1 aliphatic heterocycles. The SMILES string of the molecule is CC(Oc1cccc2c1CCCC2)C(=O)Nc1ccc(OC2CCN(C)CC2)cc1. The van der Waals surface area contributed by atoms with Crippen LogP contribution in [-0.4, -0.2) is 43.2 Å². The predicted molar refractivity (Wildman–Crippen MR) is 119 cm³/mol. The van der Waals surface area contributed by atoms with Gasteiger partial charge >= 0.3 is 0 Å². The number of rotatable bonds is 6. The van der Waals surface area contributed by atoms with Crippen LogP contribution in [0.25, 0.3) is 0 Å². The van der Waals surface area contributed by atoms with Gasteiger partial charge < -0.3 is 19.7 Å². The third-order valence-electron chi connectivity index (χ3n) is 6.12. The number of likely N-dealkylation sites (tertiary alicyclic amines) is 1. The molecule has 1 fully saturated rings. The first-order chi connectivity index (χ1) is 14.6. The third-order valence-corrected chi connectivity index (χ3v) is 6.12. The van der Waals surface area contributed by atoms with Gasteiger partial charge in [0.05, 0.1) is 0 Å². The molecule has 0 bridgehead atoms. The van der Waals surface area contributed by atoms with Crippen LogP contribution in [0.5, 0.6) is 11.5 Å².